The number of anilines is 1. The molecule has 4 rings (SSSR count). The second kappa shape index (κ2) is 13.8. The maximum absolute atomic E-state index is 14.3. The maximum Gasteiger partial charge on any atom is 0.416 e. The summed E-state index contributed by atoms with van der Waals surface area (Å²) < 4.78 is 69.5. The number of carbonyl (C=O) groups excluding carboxylic acids is 2. The smallest absolute Gasteiger partial charge is 0.357 e. The standard InChI is InChI=1S/C33H32F3N3O4S/c1-24-12-9-10-15-26(24)22-38(30(32(41)37-2)20-25-13-5-3-6-14-25)31(40)23-39(44(42,43)29-18-7-4-8-19-29)28-17-11-16-27(21-28)33(34,35)36/h3-19,21,30H,20,22-23H2,1-2H3,(H,37,41)/t30-/m0/s1. The van der Waals surface area contributed by atoms with E-state index in [4.69, 9.17) is 0 Å². The number of hydrogen-bond acceptors (Lipinski definition) is 4. The zero-order valence-electron chi connectivity index (χ0n) is 24.2. The van der Waals surface area contributed by atoms with Gasteiger partial charge in [-0.3, -0.25) is 13.9 Å². The van der Waals surface area contributed by atoms with Gasteiger partial charge in [0.05, 0.1) is 16.1 Å². The molecule has 0 aliphatic rings. The van der Waals surface area contributed by atoms with E-state index in [0.717, 1.165) is 28.8 Å². The van der Waals surface area contributed by atoms with Crippen molar-refractivity contribution in [1.29, 1.82) is 0 Å². The molecule has 0 heterocycles. The molecule has 11 heteroatoms. The molecule has 0 saturated heterocycles. The first kappa shape index (κ1) is 32.3. The SMILES string of the molecule is CNC(=O)[C@H](Cc1ccccc1)N(Cc1ccccc1C)C(=O)CN(c1cccc(C(F)(F)F)c1)S(=O)(=O)c1ccccc1. The summed E-state index contributed by atoms with van der Waals surface area (Å²) in [7, 11) is -3.08. The van der Waals surface area contributed by atoms with Gasteiger partial charge in [-0.25, -0.2) is 8.42 Å². The van der Waals surface area contributed by atoms with Crippen molar-refractivity contribution in [2.75, 3.05) is 17.9 Å². The summed E-state index contributed by atoms with van der Waals surface area (Å²) in [5.74, 6) is -1.25. The van der Waals surface area contributed by atoms with Crippen LogP contribution in [0.3, 0.4) is 0 Å². The van der Waals surface area contributed by atoms with Crippen molar-refractivity contribution in [2.24, 2.45) is 0 Å². The van der Waals surface area contributed by atoms with Crippen molar-refractivity contribution in [3.63, 3.8) is 0 Å². The van der Waals surface area contributed by atoms with E-state index >= 15 is 0 Å². The molecule has 0 unspecified atom stereocenters. The number of likely N-dealkylation sites (N-methyl/N-ethyl adjacent to an activating group) is 1. The fraction of sp³-hybridized carbons (Fsp3) is 0.212. The van der Waals surface area contributed by atoms with Crippen LogP contribution in [0.2, 0.25) is 0 Å². The van der Waals surface area contributed by atoms with Crippen molar-refractivity contribution in [3.05, 3.63) is 131 Å². The van der Waals surface area contributed by atoms with E-state index < -0.39 is 46.2 Å². The number of alkyl halides is 3. The molecule has 230 valence electrons. The summed E-state index contributed by atoms with van der Waals surface area (Å²) in [6.45, 7) is 0.948. The Morgan fingerprint density at radius 2 is 1.45 bits per heavy atom. The van der Waals surface area contributed by atoms with Gasteiger partial charge in [0.1, 0.15) is 12.6 Å². The predicted molar refractivity (Wildman–Crippen MR) is 162 cm³/mol. The molecule has 0 aliphatic heterocycles. The summed E-state index contributed by atoms with van der Waals surface area (Å²) in [5, 5.41) is 2.60. The van der Waals surface area contributed by atoms with Gasteiger partial charge in [0.2, 0.25) is 11.8 Å². The second-order valence-corrected chi connectivity index (χ2v) is 12.0. The lowest BCUT2D eigenvalue weighted by molar-refractivity contribution is -0.139. The first-order chi connectivity index (χ1) is 20.9. The normalized spacial score (nSPS) is 12.3. The van der Waals surface area contributed by atoms with Crippen molar-refractivity contribution in [2.45, 2.75) is 37.0 Å². The van der Waals surface area contributed by atoms with E-state index in [0.29, 0.717) is 10.4 Å². The fourth-order valence-corrected chi connectivity index (χ4v) is 6.20. The third kappa shape index (κ3) is 7.65. The van der Waals surface area contributed by atoms with Gasteiger partial charge in [0, 0.05) is 20.0 Å². The summed E-state index contributed by atoms with van der Waals surface area (Å²) in [4.78, 5) is 28.7. The lowest BCUT2D eigenvalue weighted by atomic mass is 10.0. The molecular weight excluding hydrogens is 591 g/mol. The zero-order chi connectivity index (χ0) is 31.9. The highest BCUT2D eigenvalue weighted by molar-refractivity contribution is 7.92. The summed E-state index contributed by atoms with van der Waals surface area (Å²) in [5.41, 5.74) is 0.911. The van der Waals surface area contributed by atoms with Gasteiger partial charge in [-0.15, -0.1) is 0 Å². The van der Waals surface area contributed by atoms with Crippen LogP contribution in [-0.2, 0) is 38.8 Å². The van der Waals surface area contributed by atoms with Crippen LogP contribution in [0.25, 0.3) is 0 Å². The molecule has 0 aromatic heterocycles. The third-order valence-electron chi connectivity index (χ3n) is 7.19. The Morgan fingerprint density at radius 1 is 0.841 bits per heavy atom. The molecule has 0 fully saturated rings. The van der Waals surface area contributed by atoms with E-state index in [1.165, 1.54) is 42.3 Å². The second-order valence-electron chi connectivity index (χ2n) is 10.1. The van der Waals surface area contributed by atoms with E-state index in [2.05, 4.69) is 5.32 Å². The number of amides is 2. The van der Waals surface area contributed by atoms with Crippen LogP contribution in [-0.4, -0.2) is 44.8 Å². The highest BCUT2D eigenvalue weighted by Crippen LogP contribution is 2.33. The Hall–Kier alpha value is -4.64. The molecule has 7 nitrogen and oxygen atoms in total. The van der Waals surface area contributed by atoms with Gasteiger partial charge >= 0.3 is 6.18 Å². The number of nitrogens with one attached hydrogen (secondary N) is 1. The predicted octanol–water partition coefficient (Wildman–Crippen LogP) is 5.60. The highest BCUT2D eigenvalue weighted by Gasteiger charge is 2.36. The van der Waals surface area contributed by atoms with Crippen molar-refractivity contribution in [1.82, 2.24) is 10.2 Å². The number of rotatable bonds is 11. The molecule has 0 aliphatic carbocycles. The Balaban J connectivity index is 1.83. The van der Waals surface area contributed by atoms with Crippen LogP contribution < -0.4 is 9.62 Å². The molecule has 1 atom stereocenters. The molecule has 0 saturated carbocycles. The largest absolute Gasteiger partial charge is 0.416 e. The molecule has 2 amide bonds. The minimum atomic E-state index is -4.75. The Morgan fingerprint density at radius 3 is 2.07 bits per heavy atom. The quantitative estimate of drug-likeness (QED) is 0.236. The topological polar surface area (TPSA) is 86.8 Å². The van der Waals surface area contributed by atoms with Crippen molar-refractivity contribution in [3.8, 4) is 0 Å². The van der Waals surface area contributed by atoms with Crippen LogP contribution >= 0.6 is 0 Å². The Bertz CT molecular complexity index is 1700. The fourth-order valence-electron chi connectivity index (χ4n) is 4.78. The van der Waals surface area contributed by atoms with Gasteiger partial charge < -0.3 is 10.2 Å². The molecule has 0 bridgehead atoms. The van der Waals surface area contributed by atoms with Crippen LogP contribution in [0, 0.1) is 6.92 Å². The van der Waals surface area contributed by atoms with E-state index in [9.17, 15) is 31.2 Å². The van der Waals surface area contributed by atoms with Crippen molar-refractivity contribution >= 4 is 27.5 Å². The molecule has 0 radical (unpaired) electrons. The van der Waals surface area contributed by atoms with Crippen LogP contribution in [0.1, 0.15) is 22.3 Å². The average molecular weight is 624 g/mol. The zero-order valence-corrected chi connectivity index (χ0v) is 25.0. The lowest BCUT2D eigenvalue weighted by Gasteiger charge is -2.34. The van der Waals surface area contributed by atoms with Gasteiger partial charge in [-0.05, 0) is 53.9 Å². The minimum Gasteiger partial charge on any atom is -0.357 e. The number of sulfonamides is 1. The Kier molecular flexibility index (Phi) is 10.1. The summed E-state index contributed by atoms with van der Waals surface area (Å²) in [6.07, 6.45) is -4.63. The first-order valence-corrected chi connectivity index (χ1v) is 15.2. The number of halogens is 3. The first-order valence-electron chi connectivity index (χ1n) is 13.8. The average Bonchev–Trinajstić information content (AvgIpc) is 3.02. The van der Waals surface area contributed by atoms with Gasteiger partial charge in [-0.1, -0.05) is 78.9 Å². The number of aryl methyl sites for hydroxylation is 1. The monoisotopic (exact) mass is 623 g/mol. The van der Waals surface area contributed by atoms with E-state index in [1.807, 2.05) is 25.1 Å². The number of carbonyl (C=O) groups is 2. The summed E-state index contributed by atoms with van der Waals surface area (Å²) in [6, 6.07) is 26.2. The summed E-state index contributed by atoms with van der Waals surface area (Å²) >= 11 is 0. The van der Waals surface area contributed by atoms with Gasteiger partial charge in [0.15, 0.2) is 0 Å². The maximum atomic E-state index is 14.3. The van der Waals surface area contributed by atoms with Crippen LogP contribution in [0.5, 0.6) is 0 Å². The van der Waals surface area contributed by atoms with Crippen LogP contribution in [0.15, 0.2) is 114 Å². The minimum absolute atomic E-state index is 0.0434. The molecule has 0 spiro atoms. The lowest BCUT2D eigenvalue weighted by Crippen LogP contribution is -2.53. The van der Waals surface area contributed by atoms with Crippen LogP contribution in [0.4, 0.5) is 18.9 Å². The van der Waals surface area contributed by atoms with E-state index in [1.54, 1.807) is 42.5 Å². The molecular formula is C33H32F3N3O4S. The number of benzene rings is 4. The molecule has 1 N–H and O–H groups in total. The number of hydrogen-bond donors (Lipinski definition) is 1. The van der Waals surface area contributed by atoms with E-state index in [-0.39, 0.29) is 23.5 Å². The molecule has 44 heavy (non-hydrogen) atoms. The van der Waals surface area contributed by atoms with Gasteiger partial charge in [0.25, 0.3) is 10.0 Å². The number of nitrogens with zero attached hydrogens (tertiary/aromatic N) is 2. The van der Waals surface area contributed by atoms with Gasteiger partial charge in [-0.2, -0.15) is 13.2 Å². The highest BCUT2D eigenvalue weighted by atomic mass is 32.2. The van der Waals surface area contributed by atoms with Crippen molar-refractivity contribution < 1.29 is 31.2 Å². The molecule has 4 aromatic rings. The Labute approximate surface area is 255 Å². The third-order valence-corrected chi connectivity index (χ3v) is 8.98. The molecule has 4 aromatic carbocycles.